The monoisotopic (exact) mass is 1780 g/mol. The van der Waals surface area contributed by atoms with Crippen LogP contribution in [0.4, 0.5) is 43.3 Å². The molecule has 4 aromatic carbocycles. The zero-order valence-corrected chi connectivity index (χ0v) is 78.3. The van der Waals surface area contributed by atoms with E-state index in [2.05, 4.69) is 134 Å². The van der Waals surface area contributed by atoms with E-state index < -0.39 is 29.3 Å². The summed E-state index contributed by atoms with van der Waals surface area (Å²) in [5, 5.41) is 43.1. The molecule has 6 aromatic rings. The molecule has 0 bridgehead atoms. The molecule has 2 aromatic heterocycles. The number of fused-ring (bicyclic) bond motifs is 4. The SMILES string of the molecule is CC(=O)O.CC(=O)O.CC(C)(C)OC(=O)N1CCc2cc(N)ccc2C1.CC1(C)c2cccc(P(P)P)c2Oc2c(P(P)P)cccc21.Cc1cnc(Cl)nc1NC1CC1.Cc1cnc(Nc2ccc3c(c2)CCN(C(=O)OC(C)(C)C)C3)nc1NC1CC1.O=C([O-])O.[Cs+].[Cs+].[Pd]. The van der Waals surface area contributed by atoms with E-state index in [4.69, 9.17) is 66.4 Å². The topological polar surface area (TPSA) is 317 Å². The molecule has 2 amide bonds. The molecular formula is C64H88ClCs2N10O12P6Pd+. The summed E-state index contributed by atoms with van der Waals surface area (Å²) in [6, 6.07) is 26.3. The number of amides is 2. The van der Waals surface area contributed by atoms with Crippen LogP contribution in [0.15, 0.2) is 85.2 Å². The van der Waals surface area contributed by atoms with E-state index in [0.29, 0.717) is 49.5 Å². The van der Waals surface area contributed by atoms with Crippen molar-refractivity contribution in [2.45, 2.75) is 163 Å². The van der Waals surface area contributed by atoms with Crippen molar-refractivity contribution >= 4 is 132 Å². The van der Waals surface area contributed by atoms with Gasteiger partial charge in [-0.25, -0.2) is 24.5 Å². The summed E-state index contributed by atoms with van der Waals surface area (Å²) in [6.07, 6.45) is 7.51. The Bertz CT molecular complexity index is 3510. The largest absolute Gasteiger partial charge is 1.00 e. The standard InChI is InChI=1S/C22H29N5O2.C15H20OP6.C14H20N2O2.C8H10ClN3.2C2H4O2.CH2O3.2Cs.Pd/c1-14-12-23-20(26-19(14)24-17-7-8-17)25-18-6-5-16-13-27(10-9-15(16)11-18)21(28)29-22(2,3)4;1-15(2)9-5-3-7-11(21(17)18)13(9)16-14-10(15)6-4-8-12(14)22(19)20;1-14(2,3)18-13(17)16-7-6-10-8-12(15)5-4-11(10)9-16;1-5-4-10-8(9)12-7(5)11-6-2-3-6;2*1-2(3)4;2-1(3)4;;;/h5-6,11-12,17H,7-10,13H2,1-4H3,(H2,23,24,25,26);3-8H,17-20H2,1-2H3;4-5,8H,6-7,9,15H2,1-3H3;4,6H,2-3H2,1H3,(H,10,11,12);2*1H3,(H,3,4);(H2,2,3,4);;;/q;;;;;;;2*+1;/p-1. The van der Waals surface area contributed by atoms with E-state index in [1.807, 2.05) is 85.9 Å². The molecule has 96 heavy (non-hydrogen) atoms. The van der Waals surface area contributed by atoms with Gasteiger partial charge in [0.1, 0.15) is 34.3 Å². The van der Waals surface area contributed by atoms with Crippen LogP contribution in [0.1, 0.15) is 139 Å². The fourth-order valence-corrected chi connectivity index (χ4v) is 13.1. The Hall–Kier alpha value is -1.57. The number of aromatic nitrogens is 4. The third-order valence-electron chi connectivity index (χ3n) is 13.9. The summed E-state index contributed by atoms with van der Waals surface area (Å²) in [7, 11) is 10.9. The maximum atomic E-state index is 12.3. The Morgan fingerprint density at radius 3 is 1.47 bits per heavy atom. The molecule has 5 heterocycles. The summed E-state index contributed by atoms with van der Waals surface area (Å²) in [5.74, 6) is 2.80. The van der Waals surface area contributed by atoms with Crippen LogP contribution in [0.2, 0.25) is 5.28 Å². The number of halogens is 1. The van der Waals surface area contributed by atoms with Crippen molar-refractivity contribution in [2.24, 2.45) is 0 Å². The van der Waals surface area contributed by atoms with Crippen LogP contribution in [-0.4, -0.2) is 112 Å². The normalized spacial score (nSPS) is 14.1. The average Bonchev–Trinajstić information content (AvgIpc) is 0.862. The molecule has 22 nitrogen and oxygen atoms in total. The Morgan fingerprint density at radius 1 is 0.667 bits per heavy atom. The molecule has 2 aliphatic carbocycles. The van der Waals surface area contributed by atoms with Gasteiger partial charge < -0.3 is 70.9 Å². The number of hydrogen-bond acceptors (Lipinski definition) is 17. The second-order valence-corrected chi connectivity index (χ2v) is 38.0. The summed E-state index contributed by atoms with van der Waals surface area (Å²) >= 11 is 5.66. The molecule has 32 heteroatoms. The van der Waals surface area contributed by atoms with Crippen molar-refractivity contribution in [3.63, 3.8) is 0 Å². The average molecular weight is 1780 g/mol. The maximum Gasteiger partial charge on any atom is 1.00 e. The third kappa shape index (κ3) is 31.6. The van der Waals surface area contributed by atoms with Gasteiger partial charge in [-0.3, -0.25) is 9.59 Å². The van der Waals surface area contributed by atoms with E-state index in [-0.39, 0.29) is 190 Å². The minimum Gasteiger partial charge on any atom is -0.565 e. The van der Waals surface area contributed by atoms with Gasteiger partial charge in [0, 0.05) is 135 Å². The molecular weight excluding hydrogens is 1690 g/mol. The number of nitrogen functional groups attached to an aromatic ring is 1. The number of ether oxygens (including phenoxy) is 3. The van der Waals surface area contributed by atoms with Crippen molar-refractivity contribution in [3.8, 4) is 11.5 Å². The van der Waals surface area contributed by atoms with Crippen molar-refractivity contribution in [2.75, 3.05) is 34.8 Å². The molecule has 4 atom stereocenters. The summed E-state index contributed by atoms with van der Waals surface area (Å²) in [5.41, 5.74) is 15.9. The molecule has 0 spiro atoms. The summed E-state index contributed by atoms with van der Waals surface area (Å²) < 4.78 is 17.4. The molecule has 2 fully saturated rings. The predicted octanol–water partition coefficient (Wildman–Crippen LogP) is 7.54. The van der Waals surface area contributed by atoms with E-state index in [9.17, 15) is 9.59 Å². The summed E-state index contributed by atoms with van der Waals surface area (Å²) in [4.78, 5) is 71.3. The van der Waals surface area contributed by atoms with Crippen molar-refractivity contribution < 1.29 is 217 Å². The first kappa shape index (κ1) is 90.5. The molecule has 514 valence electrons. The fourth-order valence-electron chi connectivity index (χ4n) is 9.26. The zero-order valence-electron chi connectivity index (χ0n) is 57.0. The summed E-state index contributed by atoms with van der Waals surface area (Å²) in [6.45, 7) is 24.6. The number of nitrogens with zero attached hydrogens (tertiary/aromatic N) is 6. The Balaban J connectivity index is 0.000000420. The number of carbonyl (C=O) groups is 5. The van der Waals surface area contributed by atoms with Crippen LogP contribution in [0.25, 0.3) is 0 Å². The number of benzene rings is 4. The quantitative estimate of drug-likeness (QED) is 0.0335. The number of aryl methyl sites for hydroxylation is 2. The molecule has 4 unspecified atom stereocenters. The molecule has 8 N–H and O–H groups in total. The first-order chi connectivity index (χ1) is 43.4. The second-order valence-electron chi connectivity index (χ2n) is 24.8. The number of aliphatic carboxylic acids is 2. The second kappa shape index (κ2) is 42.3. The van der Waals surface area contributed by atoms with Gasteiger partial charge in [-0.2, -0.15) is 4.98 Å². The van der Waals surface area contributed by atoms with Gasteiger partial charge in [0.05, 0.1) is 0 Å². The molecule has 2 saturated carbocycles. The fraction of sp³-hybridized carbons (Fsp3) is 0.422. The number of nitrogens with one attached hydrogen (secondary N) is 3. The minimum absolute atomic E-state index is 0. The smallest absolute Gasteiger partial charge is 0.565 e. The minimum atomic E-state index is -2.08. The van der Waals surface area contributed by atoms with Crippen LogP contribution < -0.4 is 180 Å². The Morgan fingerprint density at radius 2 is 1.06 bits per heavy atom. The van der Waals surface area contributed by atoms with Gasteiger partial charge in [-0.15, -0.1) is 35.7 Å². The molecule has 0 radical (unpaired) electrons. The number of para-hydroxylation sites is 2. The van der Waals surface area contributed by atoms with Crippen LogP contribution >= 0.6 is 61.9 Å². The number of nitrogens with two attached hydrogens (primary N) is 1. The van der Waals surface area contributed by atoms with Crippen LogP contribution in [0.5, 0.6) is 11.5 Å². The zero-order chi connectivity index (χ0) is 69.3. The van der Waals surface area contributed by atoms with E-state index in [1.54, 1.807) is 16.0 Å². The van der Waals surface area contributed by atoms with Crippen LogP contribution in [0, 0.1) is 13.8 Å². The number of carboxylic acid groups (broad SMARTS) is 4. The first-order valence-electron chi connectivity index (χ1n) is 29.8. The predicted molar refractivity (Wildman–Crippen MR) is 385 cm³/mol. The van der Waals surface area contributed by atoms with Gasteiger partial charge in [-0.05, 0) is 167 Å². The Kier molecular flexibility index (Phi) is 39.8. The van der Waals surface area contributed by atoms with Crippen molar-refractivity contribution in [1.29, 1.82) is 0 Å². The van der Waals surface area contributed by atoms with Crippen molar-refractivity contribution in [3.05, 3.63) is 135 Å². The van der Waals surface area contributed by atoms with Gasteiger partial charge >= 0.3 is 150 Å². The van der Waals surface area contributed by atoms with Crippen LogP contribution in [0.3, 0.4) is 0 Å². The van der Waals surface area contributed by atoms with E-state index in [1.165, 1.54) is 58.5 Å². The molecule has 11 rings (SSSR count). The molecule has 0 saturated heterocycles. The first-order valence-corrected chi connectivity index (χ1v) is 39.3. The van der Waals surface area contributed by atoms with Gasteiger partial charge in [-0.1, -0.05) is 62.4 Å². The third-order valence-corrected chi connectivity index (χ3v) is 19.2. The van der Waals surface area contributed by atoms with E-state index >= 15 is 0 Å². The van der Waals surface area contributed by atoms with Crippen molar-refractivity contribution in [1.82, 2.24) is 29.7 Å². The van der Waals surface area contributed by atoms with E-state index in [0.717, 1.165) is 83.5 Å². The van der Waals surface area contributed by atoms with Crippen LogP contribution in [-0.2, 0) is 70.8 Å². The number of hydrogen-bond donors (Lipinski definition) is 7. The number of rotatable bonds is 8. The number of carbonyl (C=O) groups excluding carboxylic acids is 2. The number of carboxylic acids is 2. The van der Waals surface area contributed by atoms with Gasteiger partial charge in [0.25, 0.3) is 11.9 Å². The number of anilines is 5. The molecule has 5 aliphatic rings. The Labute approximate surface area is 712 Å². The maximum absolute atomic E-state index is 12.3. The van der Waals surface area contributed by atoms with Gasteiger partial charge in [0.2, 0.25) is 17.4 Å². The molecule has 3 aliphatic heterocycles. The van der Waals surface area contributed by atoms with Gasteiger partial charge in [0.15, 0.2) is 0 Å².